The highest BCUT2D eigenvalue weighted by atomic mass is 32.2. The standard InChI is InChI=1S/C29H28F3N5O6S/c1-4-18(2)35-44(41,42)25-16-23(37(39)40)13-14-24(25)43-28-19(3)26(34-36(28)22-11-6-5-7-12-22)27(38)33-17-20-9-8-10-21(15-20)29(30,31)32/h5-16,18,35H,4,17H2,1-3H3,(H,33,38). The van der Waals surface area contributed by atoms with Crippen LogP contribution < -0.4 is 14.8 Å². The van der Waals surface area contributed by atoms with Gasteiger partial charge in [0.2, 0.25) is 15.9 Å². The molecule has 0 aliphatic heterocycles. The monoisotopic (exact) mass is 631 g/mol. The highest BCUT2D eigenvalue weighted by Crippen LogP contribution is 2.36. The lowest BCUT2D eigenvalue weighted by atomic mass is 10.1. The third kappa shape index (κ3) is 7.23. The molecule has 2 N–H and O–H groups in total. The molecular formula is C29H28F3N5O6S. The SMILES string of the molecule is CCC(C)NS(=O)(=O)c1cc([N+](=O)[O-])ccc1Oc1c(C)c(C(=O)NCc2cccc(C(F)(F)F)c2)nn1-c1ccccc1. The Morgan fingerprint density at radius 3 is 2.43 bits per heavy atom. The van der Waals surface area contributed by atoms with Crippen molar-refractivity contribution in [3.63, 3.8) is 0 Å². The van der Waals surface area contributed by atoms with Gasteiger partial charge in [-0.25, -0.2) is 13.1 Å². The van der Waals surface area contributed by atoms with E-state index in [4.69, 9.17) is 4.74 Å². The van der Waals surface area contributed by atoms with Crippen LogP contribution >= 0.6 is 0 Å². The molecule has 0 saturated carbocycles. The largest absolute Gasteiger partial charge is 0.437 e. The molecule has 1 amide bonds. The lowest BCUT2D eigenvalue weighted by Gasteiger charge is -2.16. The number of sulfonamides is 1. The van der Waals surface area contributed by atoms with Gasteiger partial charge in [0, 0.05) is 30.3 Å². The number of ether oxygens (including phenoxy) is 1. The summed E-state index contributed by atoms with van der Waals surface area (Å²) in [6.45, 7) is 4.66. The molecule has 15 heteroatoms. The molecule has 0 saturated heterocycles. The van der Waals surface area contributed by atoms with Crippen LogP contribution in [-0.2, 0) is 22.7 Å². The first-order chi connectivity index (χ1) is 20.7. The van der Waals surface area contributed by atoms with Gasteiger partial charge in [-0.3, -0.25) is 14.9 Å². The van der Waals surface area contributed by atoms with Crippen LogP contribution in [0.25, 0.3) is 5.69 Å². The number of nitrogens with one attached hydrogen (secondary N) is 2. The molecule has 11 nitrogen and oxygen atoms in total. The summed E-state index contributed by atoms with van der Waals surface area (Å²) in [5.41, 5.74) is -0.663. The van der Waals surface area contributed by atoms with Crippen LogP contribution in [0.5, 0.6) is 11.6 Å². The number of hydrogen-bond acceptors (Lipinski definition) is 7. The molecule has 44 heavy (non-hydrogen) atoms. The van der Waals surface area contributed by atoms with Gasteiger partial charge in [0.1, 0.15) is 10.6 Å². The van der Waals surface area contributed by atoms with Gasteiger partial charge in [-0.1, -0.05) is 37.3 Å². The van der Waals surface area contributed by atoms with Crippen LogP contribution in [0, 0.1) is 17.0 Å². The number of para-hydroxylation sites is 1. The van der Waals surface area contributed by atoms with Gasteiger partial charge in [0.15, 0.2) is 5.69 Å². The average Bonchev–Trinajstić information content (AvgIpc) is 3.31. The highest BCUT2D eigenvalue weighted by Gasteiger charge is 2.31. The molecule has 4 aromatic rings. The van der Waals surface area contributed by atoms with E-state index in [0.29, 0.717) is 12.1 Å². The molecule has 0 fully saturated rings. The van der Waals surface area contributed by atoms with Crippen LogP contribution in [0.2, 0.25) is 0 Å². The fourth-order valence-corrected chi connectivity index (χ4v) is 5.58. The summed E-state index contributed by atoms with van der Waals surface area (Å²) in [7, 11) is -4.30. The molecule has 4 rings (SSSR count). The van der Waals surface area contributed by atoms with Crippen molar-refractivity contribution in [2.75, 3.05) is 0 Å². The number of carbonyl (C=O) groups is 1. The van der Waals surface area contributed by atoms with E-state index in [1.807, 2.05) is 0 Å². The Morgan fingerprint density at radius 1 is 1.09 bits per heavy atom. The Bertz CT molecular complexity index is 1790. The number of halogens is 3. The minimum atomic E-state index is -4.55. The third-order valence-electron chi connectivity index (χ3n) is 6.59. The summed E-state index contributed by atoms with van der Waals surface area (Å²) < 4.78 is 75.7. The van der Waals surface area contributed by atoms with Crippen molar-refractivity contribution >= 4 is 21.6 Å². The Morgan fingerprint density at radius 2 is 1.80 bits per heavy atom. The number of non-ortho nitro benzene ring substituents is 1. The minimum Gasteiger partial charge on any atom is -0.437 e. The zero-order valence-corrected chi connectivity index (χ0v) is 24.6. The number of rotatable bonds is 11. The van der Waals surface area contributed by atoms with Crippen LogP contribution in [0.3, 0.4) is 0 Å². The van der Waals surface area contributed by atoms with E-state index in [1.165, 1.54) is 23.7 Å². The second-order valence-electron chi connectivity index (χ2n) is 9.83. The van der Waals surface area contributed by atoms with Gasteiger partial charge in [0.25, 0.3) is 11.6 Å². The van der Waals surface area contributed by atoms with E-state index < -0.39 is 49.2 Å². The number of benzene rings is 3. The second kappa shape index (κ2) is 12.9. The summed E-state index contributed by atoms with van der Waals surface area (Å²) in [5.74, 6) is -1.05. The van der Waals surface area contributed by atoms with Crippen molar-refractivity contribution < 1.29 is 36.0 Å². The van der Waals surface area contributed by atoms with E-state index in [-0.39, 0.29) is 35.0 Å². The molecule has 1 aromatic heterocycles. The number of alkyl halides is 3. The highest BCUT2D eigenvalue weighted by molar-refractivity contribution is 7.89. The first kappa shape index (κ1) is 32.2. The van der Waals surface area contributed by atoms with Gasteiger partial charge >= 0.3 is 6.18 Å². The number of nitro groups is 1. The average molecular weight is 632 g/mol. The molecule has 1 heterocycles. The van der Waals surface area contributed by atoms with Crippen LogP contribution in [0.15, 0.2) is 77.7 Å². The Labute approximate surface area is 250 Å². The fraction of sp³-hybridized carbons (Fsp3) is 0.241. The lowest BCUT2D eigenvalue weighted by Crippen LogP contribution is -2.32. The zero-order valence-electron chi connectivity index (χ0n) is 23.8. The summed E-state index contributed by atoms with van der Waals surface area (Å²) in [5, 5.41) is 18.4. The lowest BCUT2D eigenvalue weighted by molar-refractivity contribution is -0.385. The van der Waals surface area contributed by atoms with Gasteiger partial charge in [-0.2, -0.15) is 23.0 Å². The first-order valence-corrected chi connectivity index (χ1v) is 14.8. The molecule has 3 aromatic carbocycles. The molecule has 232 valence electrons. The van der Waals surface area contributed by atoms with E-state index in [1.54, 1.807) is 44.2 Å². The number of aromatic nitrogens is 2. The van der Waals surface area contributed by atoms with Crippen molar-refractivity contribution in [2.45, 2.75) is 50.9 Å². The summed E-state index contributed by atoms with van der Waals surface area (Å²) >= 11 is 0. The normalized spacial score (nSPS) is 12.5. The molecule has 1 atom stereocenters. The zero-order chi connectivity index (χ0) is 32.2. The van der Waals surface area contributed by atoms with Crippen molar-refractivity contribution in [3.8, 4) is 17.3 Å². The number of amides is 1. The number of carbonyl (C=O) groups excluding carboxylic acids is 1. The molecule has 0 bridgehead atoms. The Kier molecular flexibility index (Phi) is 9.39. The Hall–Kier alpha value is -4.76. The molecule has 0 aliphatic rings. The predicted octanol–water partition coefficient (Wildman–Crippen LogP) is 5.91. The molecule has 0 radical (unpaired) electrons. The van der Waals surface area contributed by atoms with Crippen LogP contribution in [0.1, 0.15) is 47.4 Å². The van der Waals surface area contributed by atoms with Gasteiger partial charge in [-0.15, -0.1) is 0 Å². The number of hydrogen-bond donors (Lipinski definition) is 2. The third-order valence-corrected chi connectivity index (χ3v) is 8.21. The maximum absolute atomic E-state index is 13.3. The quantitative estimate of drug-likeness (QED) is 0.155. The molecule has 1 unspecified atom stereocenters. The van der Waals surface area contributed by atoms with Crippen molar-refractivity contribution in [2.24, 2.45) is 0 Å². The first-order valence-electron chi connectivity index (χ1n) is 13.3. The van der Waals surface area contributed by atoms with Gasteiger partial charge in [0.05, 0.1) is 16.2 Å². The molecule has 0 spiro atoms. The van der Waals surface area contributed by atoms with Crippen molar-refractivity contribution in [1.29, 1.82) is 0 Å². The maximum Gasteiger partial charge on any atom is 0.416 e. The fourth-order valence-electron chi connectivity index (χ4n) is 4.10. The van der Waals surface area contributed by atoms with Crippen molar-refractivity contribution in [1.82, 2.24) is 19.8 Å². The number of nitrogens with zero attached hydrogens (tertiary/aromatic N) is 3. The van der Waals surface area contributed by atoms with E-state index in [2.05, 4.69) is 15.1 Å². The Balaban J connectivity index is 1.75. The maximum atomic E-state index is 13.3. The van der Waals surface area contributed by atoms with Crippen LogP contribution in [-0.4, -0.2) is 35.1 Å². The summed E-state index contributed by atoms with van der Waals surface area (Å²) in [6.07, 6.45) is -4.10. The summed E-state index contributed by atoms with van der Waals surface area (Å²) in [6, 6.07) is 15.6. The topological polar surface area (TPSA) is 145 Å². The van der Waals surface area contributed by atoms with Crippen molar-refractivity contribution in [3.05, 3.63) is 105 Å². The minimum absolute atomic E-state index is 0.0609. The number of nitro benzene ring substituents is 1. The van der Waals surface area contributed by atoms with Gasteiger partial charge in [-0.05, 0) is 56.2 Å². The second-order valence-corrected chi connectivity index (χ2v) is 11.5. The molecule has 0 aliphatic carbocycles. The molecular weight excluding hydrogens is 603 g/mol. The van der Waals surface area contributed by atoms with E-state index >= 15 is 0 Å². The smallest absolute Gasteiger partial charge is 0.416 e. The van der Waals surface area contributed by atoms with E-state index in [9.17, 15) is 36.5 Å². The van der Waals surface area contributed by atoms with E-state index in [0.717, 1.165) is 30.3 Å². The summed E-state index contributed by atoms with van der Waals surface area (Å²) in [4.78, 5) is 23.5. The van der Waals surface area contributed by atoms with Crippen LogP contribution in [0.4, 0.5) is 18.9 Å². The van der Waals surface area contributed by atoms with Gasteiger partial charge < -0.3 is 10.1 Å². The predicted molar refractivity (Wildman–Crippen MR) is 154 cm³/mol.